The second kappa shape index (κ2) is 8.25. The fourth-order valence-electron chi connectivity index (χ4n) is 1.74. The number of rotatable bonds is 9. The molecule has 0 radical (unpaired) electrons. The van der Waals surface area contributed by atoms with Crippen LogP contribution in [0.4, 0.5) is 0 Å². The smallest absolute Gasteiger partial charge is 0.167 e. The van der Waals surface area contributed by atoms with E-state index in [4.69, 9.17) is 9.47 Å². The fourth-order valence-corrected chi connectivity index (χ4v) is 1.74. The quantitative estimate of drug-likeness (QED) is 0.419. The third-order valence-corrected chi connectivity index (χ3v) is 2.51. The molecule has 0 fully saturated rings. The Labute approximate surface area is 89.0 Å². The first-order chi connectivity index (χ1) is 6.74. The van der Waals surface area contributed by atoms with Gasteiger partial charge in [0.1, 0.15) is 0 Å². The molecule has 0 spiro atoms. The molecule has 0 bridgehead atoms. The molecule has 0 saturated heterocycles. The van der Waals surface area contributed by atoms with Crippen molar-refractivity contribution >= 4 is 0 Å². The van der Waals surface area contributed by atoms with Crippen LogP contribution < -0.4 is 0 Å². The summed E-state index contributed by atoms with van der Waals surface area (Å²) in [5, 5.41) is 0. The average Bonchev–Trinajstić information content (AvgIpc) is 2.19. The van der Waals surface area contributed by atoms with E-state index in [-0.39, 0.29) is 5.79 Å². The lowest BCUT2D eigenvalue weighted by Crippen LogP contribution is -2.35. The maximum absolute atomic E-state index is 5.74. The zero-order valence-corrected chi connectivity index (χ0v) is 10.3. The molecule has 2 heteroatoms. The highest BCUT2D eigenvalue weighted by Gasteiger charge is 2.28. The third-order valence-electron chi connectivity index (χ3n) is 2.51. The van der Waals surface area contributed by atoms with Gasteiger partial charge in [0.2, 0.25) is 0 Å². The average molecular weight is 202 g/mol. The second-order valence-electron chi connectivity index (χ2n) is 3.59. The summed E-state index contributed by atoms with van der Waals surface area (Å²) in [6.07, 6.45) is 5.68. The number of hydrogen-bond donors (Lipinski definition) is 0. The van der Waals surface area contributed by atoms with E-state index in [1.807, 2.05) is 13.8 Å². The lowest BCUT2D eigenvalue weighted by atomic mass is 10.0. The van der Waals surface area contributed by atoms with E-state index in [0.29, 0.717) is 0 Å². The molecule has 2 nitrogen and oxygen atoms in total. The predicted octanol–water partition coefficient (Wildman–Crippen LogP) is 3.75. The van der Waals surface area contributed by atoms with Gasteiger partial charge in [-0.05, 0) is 26.7 Å². The van der Waals surface area contributed by atoms with Gasteiger partial charge < -0.3 is 9.47 Å². The van der Waals surface area contributed by atoms with E-state index >= 15 is 0 Å². The Balaban J connectivity index is 4.03. The van der Waals surface area contributed by atoms with Gasteiger partial charge in [0.05, 0.1) is 0 Å². The minimum Gasteiger partial charge on any atom is -0.350 e. The first kappa shape index (κ1) is 13.9. The molecular formula is C12H26O2. The Morgan fingerprint density at radius 1 is 0.857 bits per heavy atom. The molecule has 0 saturated carbocycles. The van der Waals surface area contributed by atoms with E-state index in [1.165, 1.54) is 19.3 Å². The summed E-state index contributed by atoms with van der Waals surface area (Å²) in [6.45, 7) is 9.89. The van der Waals surface area contributed by atoms with Gasteiger partial charge in [0.25, 0.3) is 0 Å². The summed E-state index contributed by atoms with van der Waals surface area (Å²) < 4.78 is 11.5. The van der Waals surface area contributed by atoms with Crippen LogP contribution in [-0.4, -0.2) is 19.0 Å². The zero-order chi connectivity index (χ0) is 10.9. The maximum Gasteiger partial charge on any atom is 0.167 e. The van der Waals surface area contributed by atoms with Crippen LogP contribution in [0.5, 0.6) is 0 Å². The van der Waals surface area contributed by atoms with Crippen LogP contribution in [0.3, 0.4) is 0 Å². The van der Waals surface area contributed by atoms with Gasteiger partial charge in [-0.15, -0.1) is 0 Å². The van der Waals surface area contributed by atoms with Crippen molar-refractivity contribution in [2.75, 3.05) is 13.2 Å². The normalized spacial score (nSPS) is 12.0. The van der Waals surface area contributed by atoms with Gasteiger partial charge in [-0.2, -0.15) is 0 Å². The number of hydrogen-bond acceptors (Lipinski definition) is 2. The minimum atomic E-state index is -0.307. The Bertz CT molecular complexity index is 117. The maximum atomic E-state index is 5.74. The third kappa shape index (κ3) is 4.97. The topological polar surface area (TPSA) is 18.5 Å². The lowest BCUT2D eigenvalue weighted by molar-refractivity contribution is -0.239. The molecular weight excluding hydrogens is 176 g/mol. The molecule has 14 heavy (non-hydrogen) atoms. The molecule has 0 atom stereocenters. The number of ether oxygens (including phenoxy) is 2. The van der Waals surface area contributed by atoms with Crippen molar-refractivity contribution in [3.8, 4) is 0 Å². The molecule has 0 unspecified atom stereocenters. The first-order valence-corrected chi connectivity index (χ1v) is 6.02. The molecule has 0 aromatic heterocycles. The molecule has 0 aliphatic carbocycles. The molecule has 0 N–H and O–H groups in total. The zero-order valence-electron chi connectivity index (χ0n) is 10.3. The van der Waals surface area contributed by atoms with Crippen molar-refractivity contribution in [3.63, 3.8) is 0 Å². The Hall–Kier alpha value is -0.0800. The van der Waals surface area contributed by atoms with Gasteiger partial charge in [0, 0.05) is 19.6 Å². The minimum absolute atomic E-state index is 0.307. The van der Waals surface area contributed by atoms with Crippen molar-refractivity contribution in [3.05, 3.63) is 0 Å². The van der Waals surface area contributed by atoms with E-state index in [1.54, 1.807) is 0 Å². The molecule has 0 aromatic rings. The predicted molar refractivity (Wildman–Crippen MR) is 60.4 cm³/mol. The monoisotopic (exact) mass is 202 g/mol. The van der Waals surface area contributed by atoms with Crippen molar-refractivity contribution in [2.45, 2.75) is 65.6 Å². The van der Waals surface area contributed by atoms with Gasteiger partial charge >= 0.3 is 0 Å². The summed E-state index contributed by atoms with van der Waals surface area (Å²) >= 11 is 0. The summed E-state index contributed by atoms with van der Waals surface area (Å²) in [7, 11) is 0. The molecule has 86 valence electrons. The summed E-state index contributed by atoms with van der Waals surface area (Å²) in [4.78, 5) is 0. The first-order valence-electron chi connectivity index (χ1n) is 6.02. The lowest BCUT2D eigenvalue weighted by Gasteiger charge is -2.32. The highest BCUT2D eigenvalue weighted by Crippen LogP contribution is 2.25. The van der Waals surface area contributed by atoms with E-state index < -0.39 is 0 Å². The largest absolute Gasteiger partial charge is 0.350 e. The van der Waals surface area contributed by atoms with Crippen LogP contribution in [0, 0.1) is 0 Å². The van der Waals surface area contributed by atoms with Gasteiger partial charge in [-0.1, -0.05) is 26.7 Å². The summed E-state index contributed by atoms with van der Waals surface area (Å²) in [5.74, 6) is -0.307. The molecule has 0 aliphatic heterocycles. The van der Waals surface area contributed by atoms with Crippen LogP contribution in [0.1, 0.15) is 59.8 Å². The molecule has 0 aliphatic rings. The molecule has 0 aromatic carbocycles. The van der Waals surface area contributed by atoms with Crippen LogP contribution in [0.15, 0.2) is 0 Å². The molecule has 0 amide bonds. The van der Waals surface area contributed by atoms with E-state index in [2.05, 4.69) is 13.8 Å². The Morgan fingerprint density at radius 3 is 1.79 bits per heavy atom. The SMILES string of the molecule is CCCCCC(CC)(OCC)OCC. The van der Waals surface area contributed by atoms with Crippen molar-refractivity contribution in [1.82, 2.24) is 0 Å². The standard InChI is InChI=1S/C12H26O2/c1-5-9-10-11-12(6-2,13-7-3)14-8-4/h5-11H2,1-4H3. The van der Waals surface area contributed by atoms with Crippen molar-refractivity contribution < 1.29 is 9.47 Å². The highest BCUT2D eigenvalue weighted by atomic mass is 16.7. The molecule has 0 rings (SSSR count). The van der Waals surface area contributed by atoms with E-state index in [0.717, 1.165) is 26.1 Å². The van der Waals surface area contributed by atoms with Crippen LogP contribution in [0.2, 0.25) is 0 Å². The van der Waals surface area contributed by atoms with Crippen LogP contribution >= 0.6 is 0 Å². The Kier molecular flexibility index (Phi) is 8.20. The van der Waals surface area contributed by atoms with Gasteiger partial charge in [0.15, 0.2) is 5.79 Å². The highest BCUT2D eigenvalue weighted by molar-refractivity contribution is 4.68. The number of unbranched alkanes of at least 4 members (excludes halogenated alkanes) is 2. The Morgan fingerprint density at radius 2 is 1.43 bits per heavy atom. The second-order valence-corrected chi connectivity index (χ2v) is 3.59. The summed E-state index contributed by atoms with van der Waals surface area (Å²) in [6, 6.07) is 0. The van der Waals surface area contributed by atoms with Crippen molar-refractivity contribution in [2.24, 2.45) is 0 Å². The summed E-state index contributed by atoms with van der Waals surface area (Å²) in [5.41, 5.74) is 0. The molecule has 0 heterocycles. The van der Waals surface area contributed by atoms with Gasteiger partial charge in [-0.25, -0.2) is 0 Å². The van der Waals surface area contributed by atoms with Gasteiger partial charge in [-0.3, -0.25) is 0 Å². The van der Waals surface area contributed by atoms with Crippen LogP contribution in [0.25, 0.3) is 0 Å². The van der Waals surface area contributed by atoms with Crippen LogP contribution in [-0.2, 0) is 9.47 Å². The van der Waals surface area contributed by atoms with E-state index in [9.17, 15) is 0 Å². The van der Waals surface area contributed by atoms with Crippen molar-refractivity contribution in [1.29, 1.82) is 0 Å². The fraction of sp³-hybridized carbons (Fsp3) is 1.00.